The minimum Gasteiger partial charge on any atom is -0.496 e. The first kappa shape index (κ1) is 18.0. The number of furan rings is 1. The Morgan fingerprint density at radius 2 is 2.18 bits per heavy atom. The van der Waals surface area contributed by atoms with Gasteiger partial charge in [-0.2, -0.15) is 4.98 Å². The maximum Gasteiger partial charge on any atom is 0.261 e. The number of aromatic nitrogens is 2. The lowest BCUT2D eigenvalue weighted by Gasteiger charge is -2.30. The molecule has 1 atom stereocenters. The molecule has 1 saturated heterocycles. The molecule has 0 radical (unpaired) electrons. The number of ether oxygens (including phenoxy) is 1. The van der Waals surface area contributed by atoms with E-state index in [9.17, 15) is 4.79 Å². The highest BCUT2D eigenvalue weighted by molar-refractivity contribution is 5.91. The molecule has 3 aromatic rings. The van der Waals surface area contributed by atoms with Gasteiger partial charge < -0.3 is 18.6 Å². The van der Waals surface area contributed by atoms with E-state index in [-0.39, 0.29) is 11.8 Å². The zero-order valence-corrected chi connectivity index (χ0v) is 15.6. The molecule has 7 nitrogen and oxygen atoms in total. The van der Waals surface area contributed by atoms with E-state index < -0.39 is 0 Å². The number of carbonyl (C=O) groups excluding carboxylic acids is 1. The van der Waals surface area contributed by atoms with Crippen LogP contribution in [0.25, 0.3) is 17.5 Å². The smallest absolute Gasteiger partial charge is 0.261 e. The van der Waals surface area contributed by atoms with Gasteiger partial charge in [-0.1, -0.05) is 17.3 Å². The highest BCUT2D eigenvalue weighted by atomic mass is 16.5. The minimum atomic E-state index is -0.0467. The molecule has 0 spiro atoms. The van der Waals surface area contributed by atoms with Crippen LogP contribution in [0.4, 0.5) is 0 Å². The molecule has 2 aromatic heterocycles. The van der Waals surface area contributed by atoms with Gasteiger partial charge in [-0.25, -0.2) is 0 Å². The molecular weight excluding hydrogens is 358 g/mol. The van der Waals surface area contributed by atoms with Gasteiger partial charge in [0.1, 0.15) is 11.5 Å². The number of hydrogen-bond acceptors (Lipinski definition) is 6. The summed E-state index contributed by atoms with van der Waals surface area (Å²) in [4.78, 5) is 18.9. The van der Waals surface area contributed by atoms with Crippen molar-refractivity contribution < 1.29 is 18.5 Å². The molecule has 1 aliphatic rings. The third-order valence-electron chi connectivity index (χ3n) is 4.81. The highest BCUT2D eigenvalue weighted by Crippen LogP contribution is 2.31. The van der Waals surface area contributed by atoms with E-state index in [2.05, 4.69) is 10.1 Å². The molecular formula is C21H21N3O4. The van der Waals surface area contributed by atoms with Crippen molar-refractivity contribution >= 4 is 12.0 Å². The lowest BCUT2D eigenvalue weighted by molar-refractivity contribution is -0.127. The summed E-state index contributed by atoms with van der Waals surface area (Å²) >= 11 is 0. The summed E-state index contributed by atoms with van der Waals surface area (Å²) in [5, 5.41) is 4.16. The van der Waals surface area contributed by atoms with Gasteiger partial charge in [0.05, 0.1) is 18.9 Å². The molecule has 1 fully saturated rings. The summed E-state index contributed by atoms with van der Waals surface area (Å²) in [7, 11) is 1.61. The van der Waals surface area contributed by atoms with Crippen LogP contribution >= 0.6 is 0 Å². The van der Waals surface area contributed by atoms with Crippen LogP contribution in [0, 0.1) is 0 Å². The number of carbonyl (C=O) groups is 1. The SMILES string of the molecule is COc1ccccc1-c1nc(C2CCCN(C(=O)/C=C/c3ccco3)C2)no1. The highest BCUT2D eigenvalue weighted by Gasteiger charge is 2.27. The molecule has 0 bridgehead atoms. The van der Waals surface area contributed by atoms with Crippen molar-refractivity contribution in [3.8, 4) is 17.2 Å². The van der Waals surface area contributed by atoms with E-state index >= 15 is 0 Å². The normalized spacial score (nSPS) is 17.2. The van der Waals surface area contributed by atoms with Crippen LogP contribution < -0.4 is 4.74 Å². The fourth-order valence-electron chi connectivity index (χ4n) is 3.36. The zero-order chi connectivity index (χ0) is 19.3. The second-order valence-electron chi connectivity index (χ2n) is 6.63. The van der Waals surface area contributed by atoms with Gasteiger partial charge >= 0.3 is 0 Å². The Bertz CT molecular complexity index is 962. The van der Waals surface area contributed by atoms with Crippen LogP contribution in [-0.2, 0) is 4.79 Å². The molecule has 1 unspecified atom stereocenters. The molecule has 4 rings (SSSR count). The van der Waals surface area contributed by atoms with E-state index in [0.717, 1.165) is 24.9 Å². The summed E-state index contributed by atoms with van der Waals surface area (Å²) < 4.78 is 16.1. The van der Waals surface area contributed by atoms with Gasteiger partial charge in [0.25, 0.3) is 5.89 Å². The average molecular weight is 379 g/mol. The quantitative estimate of drug-likeness (QED) is 0.628. The van der Waals surface area contributed by atoms with Gasteiger partial charge in [0.2, 0.25) is 5.91 Å². The van der Waals surface area contributed by atoms with Crippen molar-refractivity contribution in [1.29, 1.82) is 0 Å². The van der Waals surface area contributed by atoms with Crippen LogP contribution in [-0.4, -0.2) is 41.1 Å². The van der Waals surface area contributed by atoms with Gasteiger partial charge in [-0.3, -0.25) is 4.79 Å². The van der Waals surface area contributed by atoms with Gasteiger partial charge in [0, 0.05) is 25.1 Å². The van der Waals surface area contributed by atoms with Crippen LogP contribution in [0.3, 0.4) is 0 Å². The molecule has 1 aromatic carbocycles. The maximum atomic E-state index is 12.5. The molecule has 0 N–H and O–H groups in total. The number of para-hydroxylation sites is 1. The fourth-order valence-corrected chi connectivity index (χ4v) is 3.36. The summed E-state index contributed by atoms with van der Waals surface area (Å²) in [6, 6.07) is 11.1. The van der Waals surface area contributed by atoms with Crippen LogP contribution in [0.5, 0.6) is 5.75 Å². The first-order valence-electron chi connectivity index (χ1n) is 9.22. The predicted molar refractivity (Wildman–Crippen MR) is 103 cm³/mol. The number of piperidine rings is 1. The van der Waals surface area contributed by atoms with E-state index in [1.165, 1.54) is 6.08 Å². The number of likely N-dealkylation sites (tertiary alicyclic amines) is 1. The number of methoxy groups -OCH3 is 1. The van der Waals surface area contributed by atoms with Crippen LogP contribution in [0.1, 0.15) is 30.3 Å². The lowest BCUT2D eigenvalue weighted by Crippen LogP contribution is -2.38. The van der Waals surface area contributed by atoms with Crippen LogP contribution in [0.2, 0.25) is 0 Å². The van der Waals surface area contributed by atoms with E-state index in [0.29, 0.717) is 29.8 Å². The zero-order valence-electron chi connectivity index (χ0n) is 15.6. The third kappa shape index (κ3) is 3.83. The van der Waals surface area contributed by atoms with Crippen molar-refractivity contribution in [2.75, 3.05) is 20.2 Å². The first-order chi connectivity index (χ1) is 13.7. The molecule has 144 valence electrons. The molecule has 1 aliphatic heterocycles. The predicted octanol–water partition coefficient (Wildman–Crippen LogP) is 3.76. The Balaban J connectivity index is 1.46. The number of hydrogen-bond donors (Lipinski definition) is 0. The average Bonchev–Trinajstić information content (AvgIpc) is 3.44. The van der Waals surface area contributed by atoms with E-state index in [1.54, 1.807) is 25.5 Å². The minimum absolute atomic E-state index is 0.0434. The third-order valence-corrected chi connectivity index (χ3v) is 4.81. The lowest BCUT2D eigenvalue weighted by atomic mass is 9.97. The molecule has 7 heteroatoms. The van der Waals surface area contributed by atoms with Crippen molar-refractivity contribution in [1.82, 2.24) is 15.0 Å². The topological polar surface area (TPSA) is 81.6 Å². The van der Waals surface area contributed by atoms with Crippen molar-refractivity contribution in [3.63, 3.8) is 0 Å². The summed E-state index contributed by atoms with van der Waals surface area (Å²) in [6.07, 6.45) is 6.61. The standard InChI is InChI=1S/C21H21N3O4/c1-26-18-9-3-2-8-17(18)21-22-20(23-28-21)15-6-4-12-24(14-15)19(25)11-10-16-7-5-13-27-16/h2-3,5,7-11,13,15H,4,6,12,14H2,1H3/b11-10+. The van der Waals surface area contributed by atoms with Gasteiger partial charge in [0.15, 0.2) is 5.82 Å². The van der Waals surface area contributed by atoms with Crippen molar-refractivity contribution in [2.45, 2.75) is 18.8 Å². The van der Waals surface area contributed by atoms with E-state index in [4.69, 9.17) is 13.7 Å². The van der Waals surface area contributed by atoms with Gasteiger partial charge in [-0.15, -0.1) is 0 Å². The van der Waals surface area contributed by atoms with Crippen molar-refractivity contribution in [3.05, 3.63) is 60.3 Å². The monoisotopic (exact) mass is 379 g/mol. The molecule has 1 amide bonds. The number of amides is 1. The summed E-state index contributed by atoms with van der Waals surface area (Å²) in [6.45, 7) is 1.28. The number of rotatable bonds is 5. The molecule has 0 aliphatic carbocycles. The maximum absolute atomic E-state index is 12.5. The Kier molecular flexibility index (Phi) is 5.23. The summed E-state index contributed by atoms with van der Waals surface area (Å²) in [5.74, 6) is 2.38. The summed E-state index contributed by atoms with van der Waals surface area (Å²) in [5.41, 5.74) is 0.758. The van der Waals surface area contributed by atoms with E-state index in [1.807, 2.05) is 35.2 Å². The Morgan fingerprint density at radius 3 is 3.00 bits per heavy atom. The largest absolute Gasteiger partial charge is 0.496 e. The number of nitrogens with zero attached hydrogens (tertiary/aromatic N) is 3. The van der Waals surface area contributed by atoms with Crippen LogP contribution in [0.15, 0.2) is 57.7 Å². The second-order valence-corrected chi connectivity index (χ2v) is 6.63. The first-order valence-corrected chi connectivity index (χ1v) is 9.22. The van der Waals surface area contributed by atoms with Gasteiger partial charge in [-0.05, 0) is 43.2 Å². The molecule has 0 saturated carbocycles. The second kappa shape index (κ2) is 8.12. The Morgan fingerprint density at radius 1 is 1.29 bits per heavy atom. The fraction of sp³-hybridized carbons (Fsp3) is 0.286. The Labute approximate surface area is 162 Å². The Hall–Kier alpha value is -3.35. The molecule has 3 heterocycles. The molecule has 28 heavy (non-hydrogen) atoms. The van der Waals surface area contributed by atoms with Crippen molar-refractivity contribution in [2.24, 2.45) is 0 Å². The number of benzene rings is 1.